The summed E-state index contributed by atoms with van der Waals surface area (Å²) in [5.41, 5.74) is -0.153. The van der Waals surface area contributed by atoms with Crippen molar-refractivity contribution in [1.82, 2.24) is 4.90 Å². The minimum Gasteiger partial charge on any atom is -0.283 e. The minimum atomic E-state index is -0.153. The first-order valence-corrected chi connectivity index (χ1v) is 6.47. The largest absolute Gasteiger partial charge is 0.283 e. The van der Waals surface area contributed by atoms with Gasteiger partial charge in [0.15, 0.2) is 0 Å². The molecule has 0 atom stereocenters. The Bertz CT molecular complexity index is 243. The Morgan fingerprint density at radius 1 is 1.20 bits per heavy atom. The van der Waals surface area contributed by atoms with Crippen molar-refractivity contribution in [2.24, 2.45) is 5.41 Å². The lowest BCUT2D eigenvalue weighted by Crippen LogP contribution is -2.46. The maximum Gasteiger partial charge on any atom is 0.229 e. The molecular formula is C11H18BrNO2. The van der Waals surface area contributed by atoms with E-state index in [4.69, 9.17) is 0 Å². The summed E-state index contributed by atoms with van der Waals surface area (Å²) in [7, 11) is 0. The van der Waals surface area contributed by atoms with Gasteiger partial charge in [-0.15, -0.1) is 0 Å². The maximum atomic E-state index is 11.7. The number of carbonyl (C=O) groups is 2. The molecule has 1 aliphatic rings. The van der Waals surface area contributed by atoms with Gasteiger partial charge in [0.05, 0.1) is 0 Å². The van der Waals surface area contributed by atoms with Crippen LogP contribution in [0.1, 0.15) is 39.5 Å². The van der Waals surface area contributed by atoms with E-state index in [0.717, 1.165) is 18.2 Å². The Kier molecular flexibility index (Phi) is 4.32. The molecular weight excluding hydrogens is 258 g/mol. The van der Waals surface area contributed by atoms with E-state index in [1.54, 1.807) is 0 Å². The molecule has 0 aliphatic carbocycles. The summed E-state index contributed by atoms with van der Waals surface area (Å²) in [6.45, 7) is 4.52. The van der Waals surface area contributed by atoms with E-state index in [9.17, 15) is 9.59 Å². The van der Waals surface area contributed by atoms with Crippen LogP contribution in [0.4, 0.5) is 0 Å². The second-order valence-corrected chi connectivity index (χ2v) is 5.65. The van der Waals surface area contributed by atoms with E-state index < -0.39 is 0 Å². The Hall–Kier alpha value is -0.380. The number of imide groups is 1. The van der Waals surface area contributed by atoms with Gasteiger partial charge in [-0.3, -0.25) is 14.5 Å². The van der Waals surface area contributed by atoms with Crippen LogP contribution in [-0.4, -0.2) is 28.6 Å². The van der Waals surface area contributed by atoms with Crippen LogP contribution in [0.2, 0.25) is 0 Å². The van der Waals surface area contributed by atoms with Crippen molar-refractivity contribution < 1.29 is 9.59 Å². The van der Waals surface area contributed by atoms with Crippen LogP contribution >= 0.6 is 15.9 Å². The molecule has 1 heterocycles. The third-order valence-corrected chi connectivity index (χ3v) is 3.19. The van der Waals surface area contributed by atoms with Crippen LogP contribution in [0.5, 0.6) is 0 Å². The average Bonchev–Trinajstić information content (AvgIpc) is 2.08. The molecule has 0 aromatic carbocycles. The fourth-order valence-electron chi connectivity index (χ4n) is 1.83. The molecule has 15 heavy (non-hydrogen) atoms. The predicted molar refractivity (Wildman–Crippen MR) is 62.8 cm³/mol. The summed E-state index contributed by atoms with van der Waals surface area (Å²) in [4.78, 5) is 24.8. The Balaban J connectivity index is 2.52. The highest BCUT2D eigenvalue weighted by Gasteiger charge is 2.36. The fourth-order valence-corrected chi connectivity index (χ4v) is 2.22. The van der Waals surface area contributed by atoms with E-state index in [2.05, 4.69) is 15.9 Å². The number of carbonyl (C=O) groups excluding carboxylic acids is 2. The van der Waals surface area contributed by atoms with Crippen molar-refractivity contribution in [2.75, 3.05) is 11.9 Å². The maximum absolute atomic E-state index is 11.7. The van der Waals surface area contributed by atoms with Crippen molar-refractivity contribution in [3.05, 3.63) is 0 Å². The summed E-state index contributed by atoms with van der Waals surface area (Å²) in [5.74, 6) is -0.0170. The fraction of sp³-hybridized carbons (Fsp3) is 0.818. The molecule has 86 valence electrons. The van der Waals surface area contributed by atoms with E-state index >= 15 is 0 Å². The zero-order valence-electron chi connectivity index (χ0n) is 9.38. The molecule has 0 spiro atoms. The van der Waals surface area contributed by atoms with Gasteiger partial charge < -0.3 is 0 Å². The summed E-state index contributed by atoms with van der Waals surface area (Å²) in [5, 5.41) is 0.925. The quantitative estimate of drug-likeness (QED) is 0.449. The number of rotatable bonds is 4. The van der Waals surface area contributed by atoms with Gasteiger partial charge in [-0.1, -0.05) is 29.8 Å². The first-order chi connectivity index (χ1) is 6.96. The van der Waals surface area contributed by atoms with Crippen LogP contribution in [0.25, 0.3) is 0 Å². The van der Waals surface area contributed by atoms with E-state index in [0.29, 0.717) is 19.4 Å². The minimum absolute atomic E-state index is 0.00850. The SMILES string of the molecule is CC1(C)CC(=O)N(CCCCBr)C(=O)C1. The molecule has 0 radical (unpaired) electrons. The molecule has 0 aromatic rings. The van der Waals surface area contributed by atoms with Gasteiger partial charge in [-0.25, -0.2) is 0 Å². The van der Waals surface area contributed by atoms with Crippen LogP contribution < -0.4 is 0 Å². The molecule has 1 fully saturated rings. The standard InChI is InChI=1S/C11H18BrNO2/c1-11(2)7-9(14)13(10(15)8-11)6-4-3-5-12/h3-8H2,1-2H3. The lowest BCUT2D eigenvalue weighted by atomic mass is 9.82. The van der Waals surface area contributed by atoms with Crippen molar-refractivity contribution >= 4 is 27.7 Å². The zero-order valence-corrected chi connectivity index (χ0v) is 11.0. The topological polar surface area (TPSA) is 37.4 Å². The highest BCUT2D eigenvalue weighted by atomic mass is 79.9. The van der Waals surface area contributed by atoms with Gasteiger partial charge >= 0.3 is 0 Å². The van der Waals surface area contributed by atoms with E-state index in [-0.39, 0.29) is 17.2 Å². The third kappa shape index (κ3) is 3.59. The van der Waals surface area contributed by atoms with Crippen LogP contribution in [0.15, 0.2) is 0 Å². The van der Waals surface area contributed by atoms with E-state index in [1.807, 2.05) is 13.8 Å². The number of hydrogen-bond acceptors (Lipinski definition) is 2. The Morgan fingerprint density at radius 2 is 1.73 bits per heavy atom. The van der Waals surface area contributed by atoms with Gasteiger partial charge in [-0.2, -0.15) is 0 Å². The second kappa shape index (κ2) is 5.10. The molecule has 1 rings (SSSR count). The third-order valence-electron chi connectivity index (χ3n) is 2.63. The first-order valence-electron chi connectivity index (χ1n) is 5.35. The Labute approximate surface area is 99.3 Å². The molecule has 3 nitrogen and oxygen atoms in total. The monoisotopic (exact) mass is 275 g/mol. The number of unbranched alkanes of at least 4 members (excludes halogenated alkanes) is 1. The number of nitrogens with zero attached hydrogens (tertiary/aromatic N) is 1. The summed E-state index contributed by atoms with van der Waals surface area (Å²) in [6.07, 6.45) is 2.88. The molecule has 0 aromatic heterocycles. The number of hydrogen-bond donors (Lipinski definition) is 0. The van der Waals surface area contributed by atoms with Crippen molar-refractivity contribution in [3.8, 4) is 0 Å². The predicted octanol–water partition coefficient (Wildman–Crippen LogP) is 2.34. The molecule has 0 unspecified atom stereocenters. The van der Waals surface area contributed by atoms with Gasteiger partial charge in [0.2, 0.25) is 11.8 Å². The molecule has 0 N–H and O–H groups in total. The summed E-state index contributed by atoms with van der Waals surface area (Å²) in [6, 6.07) is 0. The van der Waals surface area contributed by atoms with Crippen molar-refractivity contribution in [2.45, 2.75) is 39.5 Å². The molecule has 1 aliphatic heterocycles. The molecule has 2 amide bonds. The lowest BCUT2D eigenvalue weighted by molar-refractivity contribution is -0.152. The number of likely N-dealkylation sites (tertiary alicyclic amines) is 1. The van der Waals surface area contributed by atoms with Gasteiger partial charge in [0.1, 0.15) is 0 Å². The highest BCUT2D eigenvalue weighted by molar-refractivity contribution is 9.09. The molecule has 1 saturated heterocycles. The highest BCUT2D eigenvalue weighted by Crippen LogP contribution is 2.31. The van der Waals surface area contributed by atoms with Gasteiger partial charge in [0, 0.05) is 24.7 Å². The molecule has 4 heteroatoms. The number of amides is 2. The lowest BCUT2D eigenvalue weighted by Gasteiger charge is -2.34. The number of halogens is 1. The second-order valence-electron chi connectivity index (χ2n) is 4.85. The summed E-state index contributed by atoms with van der Waals surface area (Å²) >= 11 is 3.33. The normalized spacial score (nSPS) is 20.9. The Morgan fingerprint density at radius 3 is 2.20 bits per heavy atom. The van der Waals surface area contributed by atoms with Crippen LogP contribution in [0.3, 0.4) is 0 Å². The molecule has 0 saturated carbocycles. The zero-order chi connectivity index (χ0) is 11.5. The van der Waals surface area contributed by atoms with Gasteiger partial charge in [-0.05, 0) is 18.3 Å². The van der Waals surface area contributed by atoms with E-state index in [1.165, 1.54) is 4.90 Å². The van der Waals surface area contributed by atoms with Crippen molar-refractivity contribution in [3.63, 3.8) is 0 Å². The molecule has 0 bridgehead atoms. The van der Waals surface area contributed by atoms with Gasteiger partial charge in [0.25, 0.3) is 0 Å². The summed E-state index contributed by atoms with van der Waals surface area (Å²) < 4.78 is 0. The smallest absolute Gasteiger partial charge is 0.229 e. The number of piperidine rings is 1. The van der Waals surface area contributed by atoms with Crippen LogP contribution in [0, 0.1) is 5.41 Å². The average molecular weight is 276 g/mol. The van der Waals surface area contributed by atoms with Crippen molar-refractivity contribution in [1.29, 1.82) is 0 Å². The number of alkyl halides is 1. The van der Waals surface area contributed by atoms with Crippen LogP contribution in [-0.2, 0) is 9.59 Å². The first kappa shape index (κ1) is 12.7.